The van der Waals surface area contributed by atoms with Crippen LogP contribution in [0.3, 0.4) is 0 Å². The molecule has 4 heteroatoms. The van der Waals surface area contributed by atoms with Crippen molar-refractivity contribution in [2.75, 3.05) is 16.8 Å². The molecule has 2 amide bonds. The molecule has 1 aliphatic heterocycles. The molecule has 0 radical (unpaired) electrons. The molecule has 2 aromatic rings. The molecule has 4 nitrogen and oxygen atoms in total. The number of rotatable bonds is 5. The van der Waals surface area contributed by atoms with Gasteiger partial charge in [0.15, 0.2) is 0 Å². The molecule has 0 unspecified atom stereocenters. The number of anilines is 2. The Morgan fingerprint density at radius 2 is 1.85 bits per heavy atom. The fraction of sp³-hybridized carbons (Fsp3) is 0.391. The number of aryl methyl sites for hydroxylation is 3. The number of hydrogen-bond acceptors (Lipinski definition) is 2. The molecule has 0 spiro atoms. The summed E-state index contributed by atoms with van der Waals surface area (Å²) in [6.07, 6.45) is 2.23. The molecule has 27 heavy (non-hydrogen) atoms. The zero-order chi connectivity index (χ0) is 19.6. The minimum Gasteiger partial charge on any atom is -0.322 e. The molecule has 0 aliphatic carbocycles. The van der Waals surface area contributed by atoms with Crippen LogP contribution in [-0.4, -0.2) is 18.4 Å². The molecule has 0 aromatic heterocycles. The third-order valence-corrected chi connectivity index (χ3v) is 5.24. The quantitative estimate of drug-likeness (QED) is 0.822. The van der Waals surface area contributed by atoms with Crippen LogP contribution in [0.5, 0.6) is 0 Å². The first-order chi connectivity index (χ1) is 12.8. The molecular weight excluding hydrogens is 336 g/mol. The largest absolute Gasteiger partial charge is 0.322 e. The van der Waals surface area contributed by atoms with E-state index in [2.05, 4.69) is 19.2 Å². The Labute approximate surface area is 161 Å². The zero-order valence-corrected chi connectivity index (χ0v) is 16.6. The van der Waals surface area contributed by atoms with Crippen LogP contribution in [-0.2, 0) is 11.2 Å². The maximum atomic E-state index is 12.6. The van der Waals surface area contributed by atoms with Crippen LogP contribution in [0.4, 0.5) is 11.4 Å². The third-order valence-electron chi connectivity index (χ3n) is 5.24. The van der Waals surface area contributed by atoms with Crippen LogP contribution in [0.2, 0.25) is 0 Å². The number of nitrogens with one attached hydrogen (secondary N) is 1. The van der Waals surface area contributed by atoms with E-state index in [4.69, 9.17) is 0 Å². The lowest BCUT2D eigenvalue weighted by molar-refractivity contribution is -0.118. The second kappa shape index (κ2) is 7.95. The van der Waals surface area contributed by atoms with Gasteiger partial charge >= 0.3 is 0 Å². The van der Waals surface area contributed by atoms with Crippen molar-refractivity contribution in [1.82, 2.24) is 0 Å². The van der Waals surface area contributed by atoms with Gasteiger partial charge in [0.05, 0.1) is 0 Å². The highest BCUT2D eigenvalue weighted by Gasteiger charge is 2.24. The van der Waals surface area contributed by atoms with E-state index in [9.17, 15) is 9.59 Å². The van der Waals surface area contributed by atoms with Gasteiger partial charge in [-0.15, -0.1) is 0 Å². The lowest BCUT2D eigenvalue weighted by Crippen LogP contribution is -2.36. The minimum atomic E-state index is -0.110. The Hall–Kier alpha value is -2.62. The van der Waals surface area contributed by atoms with Crippen molar-refractivity contribution >= 4 is 23.2 Å². The molecule has 3 rings (SSSR count). The first kappa shape index (κ1) is 19.2. The van der Waals surface area contributed by atoms with E-state index >= 15 is 0 Å². The van der Waals surface area contributed by atoms with E-state index < -0.39 is 0 Å². The second-order valence-electron chi connectivity index (χ2n) is 7.82. The lowest BCUT2D eigenvalue weighted by Gasteiger charge is -2.30. The predicted octanol–water partition coefficient (Wildman–Crippen LogP) is 4.88. The van der Waals surface area contributed by atoms with E-state index in [1.165, 1.54) is 5.56 Å². The number of carbonyl (C=O) groups is 2. The molecule has 2 aromatic carbocycles. The third kappa shape index (κ3) is 4.38. The molecule has 1 aliphatic rings. The molecular formula is C23H28N2O2. The highest BCUT2D eigenvalue weighted by molar-refractivity contribution is 6.05. The van der Waals surface area contributed by atoms with Gasteiger partial charge < -0.3 is 10.2 Å². The van der Waals surface area contributed by atoms with Gasteiger partial charge in [0, 0.05) is 29.9 Å². The molecule has 0 saturated heterocycles. The lowest BCUT2D eigenvalue weighted by atomic mass is 9.99. The molecule has 0 atom stereocenters. The summed E-state index contributed by atoms with van der Waals surface area (Å²) in [4.78, 5) is 26.8. The molecule has 0 fully saturated rings. The van der Waals surface area contributed by atoms with Crippen molar-refractivity contribution in [2.45, 2.75) is 47.0 Å². The van der Waals surface area contributed by atoms with Crippen LogP contribution in [0.15, 0.2) is 36.4 Å². The first-order valence-corrected chi connectivity index (χ1v) is 9.67. The summed E-state index contributed by atoms with van der Waals surface area (Å²) in [7, 11) is 0. The van der Waals surface area contributed by atoms with E-state index in [1.807, 2.05) is 55.1 Å². The SMILES string of the molecule is Cc1ccc(C(=O)Nc2ccc3c(c2)CCC(=O)N3CCC(C)C)cc1C. The summed E-state index contributed by atoms with van der Waals surface area (Å²) in [5.74, 6) is 0.636. The normalized spacial score (nSPS) is 13.7. The van der Waals surface area contributed by atoms with Gasteiger partial charge in [-0.2, -0.15) is 0 Å². The van der Waals surface area contributed by atoms with Gasteiger partial charge in [0.2, 0.25) is 5.91 Å². The number of carbonyl (C=O) groups excluding carboxylic acids is 2. The summed E-state index contributed by atoms with van der Waals surface area (Å²) in [6.45, 7) is 9.12. The van der Waals surface area contributed by atoms with Crippen molar-refractivity contribution in [3.63, 3.8) is 0 Å². The summed E-state index contributed by atoms with van der Waals surface area (Å²) >= 11 is 0. The zero-order valence-electron chi connectivity index (χ0n) is 16.6. The van der Waals surface area contributed by atoms with Crippen molar-refractivity contribution in [3.8, 4) is 0 Å². The number of hydrogen-bond donors (Lipinski definition) is 1. The van der Waals surface area contributed by atoms with Gasteiger partial charge in [-0.1, -0.05) is 19.9 Å². The van der Waals surface area contributed by atoms with Crippen LogP contribution in [0.1, 0.15) is 53.7 Å². The molecule has 1 heterocycles. The maximum Gasteiger partial charge on any atom is 0.255 e. The van der Waals surface area contributed by atoms with Crippen LogP contribution in [0, 0.1) is 19.8 Å². The maximum absolute atomic E-state index is 12.6. The fourth-order valence-electron chi connectivity index (χ4n) is 3.36. The topological polar surface area (TPSA) is 49.4 Å². The molecule has 0 saturated carbocycles. The highest BCUT2D eigenvalue weighted by atomic mass is 16.2. The fourth-order valence-corrected chi connectivity index (χ4v) is 3.36. The number of amides is 2. The predicted molar refractivity (Wildman–Crippen MR) is 110 cm³/mol. The molecule has 0 bridgehead atoms. The van der Waals surface area contributed by atoms with Gasteiger partial charge in [0.1, 0.15) is 0 Å². The van der Waals surface area contributed by atoms with Crippen LogP contribution < -0.4 is 10.2 Å². The van der Waals surface area contributed by atoms with Gasteiger partial charge in [-0.05, 0) is 79.6 Å². The standard InChI is InChI=1S/C23H28N2O2/c1-15(2)11-12-25-21-9-8-20(14-18(21)7-10-22(25)26)24-23(27)19-6-5-16(3)17(4)13-19/h5-6,8-9,13-15H,7,10-12H2,1-4H3,(H,24,27). The highest BCUT2D eigenvalue weighted by Crippen LogP contribution is 2.31. The first-order valence-electron chi connectivity index (χ1n) is 9.67. The van der Waals surface area contributed by atoms with Gasteiger partial charge in [-0.25, -0.2) is 0 Å². The summed E-state index contributed by atoms with van der Waals surface area (Å²) in [6, 6.07) is 11.6. The average Bonchev–Trinajstić information content (AvgIpc) is 2.63. The van der Waals surface area contributed by atoms with Crippen molar-refractivity contribution in [1.29, 1.82) is 0 Å². The molecule has 1 N–H and O–H groups in total. The smallest absolute Gasteiger partial charge is 0.255 e. The van der Waals surface area contributed by atoms with E-state index in [1.54, 1.807) is 0 Å². The second-order valence-corrected chi connectivity index (χ2v) is 7.82. The molecule has 142 valence electrons. The average molecular weight is 364 g/mol. The Kier molecular flexibility index (Phi) is 5.64. The summed E-state index contributed by atoms with van der Waals surface area (Å²) in [5, 5.41) is 2.99. The Balaban J connectivity index is 1.78. The van der Waals surface area contributed by atoms with Crippen molar-refractivity contribution in [2.24, 2.45) is 5.92 Å². The number of fused-ring (bicyclic) bond motifs is 1. The van der Waals surface area contributed by atoms with Gasteiger partial charge in [-0.3, -0.25) is 9.59 Å². The van der Waals surface area contributed by atoms with E-state index in [-0.39, 0.29) is 11.8 Å². The van der Waals surface area contributed by atoms with Gasteiger partial charge in [0.25, 0.3) is 5.91 Å². The van der Waals surface area contributed by atoms with E-state index in [0.717, 1.165) is 41.9 Å². The minimum absolute atomic E-state index is 0.110. The van der Waals surface area contributed by atoms with Crippen molar-refractivity contribution < 1.29 is 9.59 Å². The van der Waals surface area contributed by atoms with E-state index in [0.29, 0.717) is 17.9 Å². The van der Waals surface area contributed by atoms with Crippen LogP contribution >= 0.6 is 0 Å². The Morgan fingerprint density at radius 3 is 2.56 bits per heavy atom. The number of benzene rings is 2. The Morgan fingerprint density at radius 1 is 1.07 bits per heavy atom. The monoisotopic (exact) mass is 364 g/mol. The number of nitrogens with zero attached hydrogens (tertiary/aromatic N) is 1. The summed E-state index contributed by atoms with van der Waals surface area (Å²) < 4.78 is 0. The van der Waals surface area contributed by atoms with Crippen molar-refractivity contribution in [3.05, 3.63) is 58.7 Å². The van der Waals surface area contributed by atoms with Crippen LogP contribution in [0.25, 0.3) is 0 Å². The Bertz CT molecular complexity index is 871. The summed E-state index contributed by atoms with van der Waals surface area (Å²) in [5.41, 5.74) is 5.81.